The fourth-order valence-electron chi connectivity index (χ4n) is 1.94. The van der Waals surface area contributed by atoms with Gasteiger partial charge in [0.25, 0.3) is 10.0 Å². The Balaban J connectivity index is 2.21. The first-order valence-corrected chi connectivity index (χ1v) is 10.6. The van der Waals surface area contributed by atoms with Gasteiger partial charge in [0, 0.05) is 6.07 Å². The predicted octanol–water partition coefficient (Wildman–Crippen LogP) is 2.00. The number of carbonyl (C=O) groups excluding carboxylic acids is 2. The van der Waals surface area contributed by atoms with Crippen LogP contribution < -0.4 is 14.8 Å². The summed E-state index contributed by atoms with van der Waals surface area (Å²) in [6.07, 6.45) is 0. The molecule has 0 saturated heterocycles. The molecule has 150 valence electrons. The van der Waals surface area contributed by atoms with Gasteiger partial charge in [0.05, 0.1) is 18.6 Å². The molecule has 0 radical (unpaired) electrons. The highest BCUT2D eigenvalue weighted by atomic mass is 127. The maximum Gasteiger partial charge on any atom is 0.339 e. The summed E-state index contributed by atoms with van der Waals surface area (Å²) in [5.74, 6) is -0.801. The van der Waals surface area contributed by atoms with Gasteiger partial charge in [-0.05, 0) is 34.7 Å². The van der Waals surface area contributed by atoms with Crippen molar-refractivity contribution >= 4 is 62.2 Å². The summed E-state index contributed by atoms with van der Waals surface area (Å²) in [7, 11) is -3.01. The molecular weight excluding hydrogens is 527 g/mol. The summed E-state index contributed by atoms with van der Waals surface area (Å²) < 4.78 is 37.2. The summed E-state index contributed by atoms with van der Waals surface area (Å²) in [6.45, 7) is -0.0888. The van der Waals surface area contributed by atoms with Crippen LogP contribution in [0.2, 0.25) is 0 Å². The first kappa shape index (κ1) is 22.1. The molecule has 1 aromatic heterocycles. The number of rotatable bonds is 7. The van der Waals surface area contributed by atoms with E-state index >= 15 is 0 Å². The van der Waals surface area contributed by atoms with Crippen LogP contribution in [0.25, 0.3) is 0 Å². The average molecular weight is 541 g/mol. The second-order valence-electron chi connectivity index (χ2n) is 4.94. The molecule has 1 heterocycles. The van der Waals surface area contributed by atoms with Gasteiger partial charge >= 0.3 is 12.0 Å². The van der Waals surface area contributed by atoms with E-state index in [0.29, 0.717) is 3.70 Å². The molecule has 2 amide bonds. The third kappa shape index (κ3) is 5.90. The SMILES string of the molecule is COc1cc(I)nc(NC(=O)NS(=O)(=O)c2ccccc2C(=O)OCCCl)n1. The average Bonchev–Trinajstić information content (AvgIpc) is 2.65. The van der Waals surface area contributed by atoms with Crippen LogP contribution >= 0.6 is 34.2 Å². The quantitative estimate of drug-likeness (QED) is 0.236. The minimum atomic E-state index is -4.39. The highest BCUT2D eigenvalue weighted by Crippen LogP contribution is 2.17. The van der Waals surface area contributed by atoms with E-state index in [2.05, 4.69) is 15.3 Å². The maximum absolute atomic E-state index is 12.5. The number of alkyl halides is 1. The van der Waals surface area contributed by atoms with Crippen molar-refractivity contribution in [1.29, 1.82) is 0 Å². The molecule has 0 saturated carbocycles. The Bertz CT molecular complexity index is 988. The van der Waals surface area contributed by atoms with Crippen molar-refractivity contribution in [2.45, 2.75) is 4.90 Å². The molecule has 0 unspecified atom stereocenters. The number of carbonyl (C=O) groups is 2. The van der Waals surface area contributed by atoms with E-state index in [9.17, 15) is 18.0 Å². The number of amides is 2. The molecule has 0 aliphatic heterocycles. The van der Waals surface area contributed by atoms with E-state index in [1.165, 1.54) is 31.4 Å². The van der Waals surface area contributed by atoms with E-state index < -0.39 is 26.9 Å². The first-order valence-electron chi connectivity index (χ1n) is 7.51. The molecule has 13 heteroatoms. The Morgan fingerprint density at radius 1 is 1.25 bits per heavy atom. The third-order valence-electron chi connectivity index (χ3n) is 3.04. The Kier molecular flexibility index (Phi) is 7.77. The normalized spacial score (nSPS) is 10.8. The molecule has 1 aromatic carbocycles. The number of benzene rings is 1. The van der Waals surface area contributed by atoms with Crippen LogP contribution in [0.15, 0.2) is 35.2 Å². The lowest BCUT2D eigenvalue weighted by molar-refractivity contribution is 0.0524. The van der Waals surface area contributed by atoms with Gasteiger partial charge in [0.2, 0.25) is 11.8 Å². The van der Waals surface area contributed by atoms with Crippen LogP contribution in [0.5, 0.6) is 5.88 Å². The molecule has 2 aromatic rings. The Labute approximate surface area is 179 Å². The zero-order chi connectivity index (χ0) is 20.7. The number of urea groups is 1. The van der Waals surface area contributed by atoms with Gasteiger partial charge in [-0.15, -0.1) is 11.6 Å². The van der Waals surface area contributed by atoms with E-state index in [4.69, 9.17) is 21.1 Å². The number of aromatic nitrogens is 2. The fraction of sp³-hybridized carbons (Fsp3) is 0.200. The van der Waals surface area contributed by atoms with Gasteiger partial charge < -0.3 is 9.47 Å². The number of hydrogen-bond donors (Lipinski definition) is 2. The van der Waals surface area contributed by atoms with Crippen molar-refractivity contribution < 1.29 is 27.5 Å². The van der Waals surface area contributed by atoms with Crippen molar-refractivity contribution in [3.8, 4) is 5.88 Å². The number of esters is 1. The zero-order valence-corrected chi connectivity index (χ0v) is 18.0. The second-order valence-corrected chi connectivity index (χ2v) is 8.07. The smallest absolute Gasteiger partial charge is 0.339 e. The van der Waals surface area contributed by atoms with Crippen molar-refractivity contribution in [3.05, 3.63) is 39.6 Å². The lowest BCUT2D eigenvalue weighted by Crippen LogP contribution is -2.35. The maximum atomic E-state index is 12.5. The topological polar surface area (TPSA) is 137 Å². The van der Waals surface area contributed by atoms with Crippen molar-refractivity contribution in [2.24, 2.45) is 0 Å². The van der Waals surface area contributed by atoms with E-state index in [1.54, 1.807) is 4.72 Å². The van der Waals surface area contributed by atoms with Crippen LogP contribution in [-0.2, 0) is 14.8 Å². The molecule has 0 bridgehead atoms. The molecule has 0 aliphatic carbocycles. The highest BCUT2D eigenvalue weighted by molar-refractivity contribution is 14.1. The van der Waals surface area contributed by atoms with Crippen molar-refractivity contribution in [3.63, 3.8) is 0 Å². The van der Waals surface area contributed by atoms with Gasteiger partial charge in [-0.25, -0.2) is 27.7 Å². The number of sulfonamides is 1. The standard InChI is InChI=1S/C15H14ClIN4O6S/c1-26-12-8-11(17)18-14(19-12)20-15(23)21-28(24,25)10-5-3-2-4-9(10)13(22)27-7-6-16/h2-5,8H,6-7H2,1H3,(H2,18,19,20,21,23). The number of methoxy groups -OCH3 is 1. The summed E-state index contributed by atoms with van der Waals surface area (Å²) in [5.41, 5.74) is -0.236. The van der Waals surface area contributed by atoms with Crippen LogP contribution in [0.4, 0.5) is 10.7 Å². The second kappa shape index (κ2) is 9.84. The van der Waals surface area contributed by atoms with Gasteiger partial charge in [-0.2, -0.15) is 4.98 Å². The lowest BCUT2D eigenvalue weighted by atomic mass is 10.2. The minimum absolute atomic E-state index is 0.0562. The Morgan fingerprint density at radius 2 is 1.96 bits per heavy atom. The van der Waals surface area contributed by atoms with E-state index in [1.807, 2.05) is 22.6 Å². The molecule has 2 N–H and O–H groups in total. The number of halogens is 2. The third-order valence-corrected chi connectivity index (χ3v) is 5.14. The molecule has 0 fully saturated rings. The van der Waals surface area contributed by atoms with Crippen LogP contribution in [0.1, 0.15) is 10.4 Å². The summed E-state index contributed by atoms with van der Waals surface area (Å²) in [5, 5.41) is 2.20. The van der Waals surface area contributed by atoms with E-state index in [0.717, 1.165) is 6.07 Å². The Morgan fingerprint density at radius 3 is 2.64 bits per heavy atom. The van der Waals surface area contributed by atoms with Crippen LogP contribution in [0.3, 0.4) is 0 Å². The molecule has 2 rings (SSSR count). The fourth-order valence-corrected chi connectivity index (χ4v) is 3.62. The molecule has 0 atom stereocenters. The first-order chi connectivity index (χ1) is 13.3. The molecule has 0 aliphatic rings. The summed E-state index contributed by atoms with van der Waals surface area (Å²) in [6, 6.07) is 5.69. The van der Waals surface area contributed by atoms with Gasteiger partial charge in [0.1, 0.15) is 15.2 Å². The monoisotopic (exact) mass is 540 g/mol. The van der Waals surface area contributed by atoms with Gasteiger partial charge in [-0.1, -0.05) is 12.1 Å². The molecule has 10 nitrogen and oxygen atoms in total. The largest absolute Gasteiger partial charge is 0.481 e. The number of ether oxygens (including phenoxy) is 2. The summed E-state index contributed by atoms with van der Waals surface area (Å²) >= 11 is 7.34. The number of anilines is 1. The number of hydrogen-bond acceptors (Lipinski definition) is 8. The van der Waals surface area contributed by atoms with Crippen LogP contribution in [0, 0.1) is 3.70 Å². The lowest BCUT2D eigenvalue weighted by Gasteiger charge is -2.11. The van der Waals surface area contributed by atoms with Crippen molar-refractivity contribution in [2.75, 3.05) is 24.9 Å². The van der Waals surface area contributed by atoms with E-state index in [-0.39, 0.29) is 29.9 Å². The summed E-state index contributed by atoms with van der Waals surface area (Å²) in [4.78, 5) is 31.6. The minimum Gasteiger partial charge on any atom is -0.481 e. The zero-order valence-electron chi connectivity index (χ0n) is 14.3. The predicted molar refractivity (Wildman–Crippen MR) is 108 cm³/mol. The number of nitrogens with zero attached hydrogens (tertiary/aromatic N) is 2. The number of nitrogens with one attached hydrogen (secondary N) is 2. The molecule has 0 spiro atoms. The van der Waals surface area contributed by atoms with Gasteiger partial charge in [-0.3, -0.25) is 5.32 Å². The Hall–Kier alpha value is -2.19. The van der Waals surface area contributed by atoms with Gasteiger partial charge in [0.15, 0.2) is 0 Å². The molecule has 28 heavy (non-hydrogen) atoms. The van der Waals surface area contributed by atoms with Crippen molar-refractivity contribution in [1.82, 2.24) is 14.7 Å². The highest BCUT2D eigenvalue weighted by Gasteiger charge is 2.25. The molecular formula is C15H14ClIN4O6S. The van der Waals surface area contributed by atoms with Crippen LogP contribution in [-0.4, -0.2) is 50.0 Å².